The molecule has 2 aliphatic rings. The maximum atomic E-state index is 9.08. The van der Waals surface area contributed by atoms with E-state index in [1.807, 2.05) is 42.6 Å². The Kier molecular flexibility index (Phi) is 2.13. The molecule has 0 fully saturated rings. The molecule has 0 aromatic heterocycles. The van der Waals surface area contributed by atoms with Gasteiger partial charge in [-0.1, -0.05) is 18.2 Å². The van der Waals surface area contributed by atoms with Gasteiger partial charge in [-0.15, -0.1) is 0 Å². The normalized spacial score (nSPS) is 10.3. The van der Waals surface area contributed by atoms with E-state index in [9.17, 15) is 0 Å². The number of aromatic amines is 1. The van der Waals surface area contributed by atoms with Crippen molar-refractivity contribution in [3.8, 4) is 28.6 Å². The molecule has 0 saturated carbocycles. The van der Waals surface area contributed by atoms with Crippen molar-refractivity contribution in [3.05, 3.63) is 54.4 Å². The van der Waals surface area contributed by atoms with Gasteiger partial charge in [0.25, 0.3) is 0 Å². The van der Waals surface area contributed by atoms with Crippen molar-refractivity contribution in [1.29, 1.82) is 5.26 Å². The van der Waals surface area contributed by atoms with E-state index in [2.05, 4.69) is 16.0 Å². The van der Waals surface area contributed by atoms with E-state index in [4.69, 9.17) is 5.26 Å². The molecule has 0 amide bonds. The van der Waals surface area contributed by atoms with E-state index in [1.165, 1.54) is 0 Å². The lowest BCUT2D eigenvalue weighted by molar-refractivity contribution is 1.32. The van der Waals surface area contributed by atoms with Crippen LogP contribution in [0, 0.1) is 11.3 Å². The lowest BCUT2D eigenvalue weighted by atomic mass is 10.0. The molecule has 0 saturated heterocycles. The summed E-state index contributed by atoms with van der Waals surface area (Å²) < 4.78 is 0. The van der Waals surface area contributed by atoms with E-state index < -0.39 is 0 Å². The van der Waals surface area contributed by atoms with Crippen LogP contribution in [0.2, 0.25) is 0 Å². The Morgan fingerprint density at radius 3 is 2.76 bits per heavy atom. The molecule has 0 atom stereocenters. The van der Waals surface area contributed by atoms with Crippen LogP contribution in [0.1, 0.15) is 5.56 Å². The van der Waals surface area contributed by atoms with Gasteiger partial charge >= 0.3 is 0 Å². The summed E-state index contributed by atoms with van der Waals surface area (Å²) in [6.45, 7) is 0. The number of aromatic nitrogens is 2. The molecule has 1 aromatic carbocycles. The highest BCUT2D eigenvalue weighted by molar-refractivity contribution is 5.71. The van der Waals surface area contributed by atoms with Crippen LogP contribution in [0.4, 0.5) is 0 Å². The number of nitrogens with one attached hydrogen (secondary N) is 1. The maximum Gasteiger partial charge on any atom is 0.0998 e. The maximum absolute atomic E-state index is 9.08. The van der Waals surface area contributed by atoms with Crippen molar-refractivity contribution in [2.75, 3.05) is 0 Å². The highest BCUT2D eigenvalue weighted by Gasteiger charge is 2.08. The predicted octanol–water partition coefficient (Wildman–Crippen LogP) is 3.05. The van der Waals surface area contributed by atoms with Crippen molar-refractivity contribution in [3.63, 3.8) is 0 Å². The van der Waals surface area contributed by atoms with Crippen LogP contribution in [0.15, 0.2) is 48.8 Å². The number of pyridine rings is 1. The van der Waals surface area contributed by atoms with Gasteiger partial charge in [-0.05, 0) is 18.2 Å². The molecule has 2 heterocycles. The van der Waals surface area contributed by atoms with Crippen LogP contribution in [-0.2, 0) is 0 Å². The number of hydrogen-bond acceptors (Lipinski definition) is 2. The quantitative estimate of drug-likeness (QED) is 0.683. The Bertz CT molecular complexity index is 676. The monoisotopic (exact) mass is 219 g/mol. The van der Waals surface area contributed by atoms with Crippen LogP contribution in [-0.4, -0.2) is 9.97 Å². The molecule has 3 heteroatoms. The number of H-pyrrole nitrogens is 1. The molecular weight excluding hydrogens is 210 g/mol. The molecule has 0 radical (unpaired) electrons. The minimum Gasteiger partial charge on any atom is -0.353 e. The number of nitriles is 1. The van der Waals surface area contributed by atoms with Gasteiger partial charge in [0.15, 0.2) is 0 Å². The van der Waals surface area contributed by atoms with Gasteiger partial charge < -0.3 is 4.98 Å². The molecule has 3 nitrogen and oxygen atoms in total. The lowest BCUT2D eigenvalue weighted by Gasteiger charge is -2.06. The van der Waals surface area contributed by atoms with Crippen molar-refractivity contribution < 1.29 is 0 Å². The number of fused-ring (bicyclic) bond motifs is 1. The molecule has 17 heavy (non-hydrogen) atoms. The average Bonchev–Trinajstić information content (AvgIpc) is 2.85. The van der Waals surface area contributed by atoms with E-state index in [-0.39, 0.29) is 0 Å². The van der Waals surface area contributed by atoms with Gasteiger partial charge in [0.05, 0.1) is 23.5 Å². The number of rotatable bonds is 1. The van der Waals surface area contributed by atoms with Crippen LogP contribution < -0.4 is 0 Å². The SMILES string of the molecule is N#Cc1ccccc1-c1ccc2cncc-2[nH]1. The fourth-order valence-corrected chi connectivity index (χ4v) is 1.91. The second-order valence-corrected chi connectivity index (χ2v) is 3.81. The van der Waals surface area contributed by atoms with Gasteiger partial charge in [-0.2, -0.15) is 5.26 Å². The summed E-state index contributed by atoms with van der Waals surface area (Å²) in [5.74, 6) is 0. The van der Waals surface area contributed by atoms with E-state index in [1.54, 1.807) is 6.20 Å². The van der Waals surface area contributed by atoms with Crippen molar-refractivity contribution in [2.24, 2.45) is 0 Å². The summed E-state index contributed by atoms with van der Waals surface area (Å²) in [6.07, 6.45) is 3.60. The second-order valence-electron chi connectivity index (χ2n) is 3.81. The largest absolute Gasteiger partial charge is 0.353 e. The summed E-state index contributed by atoms with van der Waals surface area (Å²) in [4.78, 5) is 7.37. The highest BCUT2D eigenvalue weighted by Crippen LogP contribution is 2.26. The third-order valence-corrected chi connectivity index (χ3v) is 2.76. The fourth-order valence-electron chi connectivity index (χ4n) is 1.91. The first-order valence-electron chi connectivity index (χ1n) is 5.31. The van der Waals surface area contributed by atoms with Crippen LogP contribution in [0.25, 0.3) is 22.5 Å². The highest BCUT2D eigenvalue weighted by atomic mass is 14.8. The summed E-state index contributed by atoms with van der Waals surface area (Å²) in [5, 5.41) is 9.08. The van der Waals surface area contributed by atoms with Gasteiger partial charge in [0, 0.05) is 23.0 Å². The zero-order chi connectivity index (χ0) is 11.7. The predicted molar refractivity (Wildman–Crippen MR) is 65.4 cm³/mol. The van der Waals surface area contributed by atoms with E-state index in [0.717, 1.165) is 22.5 Å². The van der Waals surface area contributed by atoms with Gasteiger partial charge in [0.1, 0.15) is 0 Å². The summed E-state index contributed by atoms with van der Waals surface area (Å²) >= 11 is 0. The Labute approximate surface area is 98.7 Å². The molecule has 3 rings (SSSR count). The van der Waals surface area contributed by atoms with Gasteiger partial charge in [-0.3, -0.25) is 4.98 Å². The second kappa shape index (κ2) is 3.76. The van der Waals surface area contributed by atoms with Crippen molar-refractivity contribution >= 4 is 0 Å². The van der Waals surface area contributed by atoms with Gasteiger partial charge in [-0.25, -0.2) is 0 Å². The molecule has 0 aliphatic carbocycles. The molecule has 0 bridgehead atoms. The van der Waals surface area contributed by atoms with Crippen molar-refractivity contribution in [2.45, 2.75) is 0 Å². The minimum atomic E-state index is 0.669. The van der Waals surface area contributed by atoms with Crippen LogP contribution in [0.3, 0.4) is 0 Å². The first kappa shape index (κ1) is 9.61. The molecule has 80 valence electrons. The van der Waals surface area contributed by atoms with Gasteiger partial charge in [0.2, 0.25) is 0 Å². The third-order valence-electron chi connectivity index (χ3n) is 2.76. The van der Waals surface area contributed by atoms with E-state index in [0.29, 0.717) is 5.56 Å². The lowest BCUT2D eigenvalue weighted by Crippen LogP contribution is -1.89. The van der Waals surface area contributed by atoms with Crippen LogP contribution >= 0.6 is 0 Å². The number of hydrogen-bond donors (Lipinski definition) is 1. The standard InChI is InChI=1S/C14H9N3/c15-7-10-3-1-2-4-12(10)13-6-5-11-8-16-9-14(11)17-13/h1-6,8-9,17H. The van der Waals surface area contributed by atoms with Crippen molar-refractivity contribution in [1.82, 2.24) is 9.97 Å². The first-order valence-corrected chi connectivity index (χ1v) is 5.31. The minimum absolute atomic E-state index is 0.669. The Morgan fingerprint density at radius 1 is 1.00 bits per heavy atom. The molecule has 1 aromatic rings. The Hall–Kier alpha value is -2.60. The number of benzene rings is 1. The molecule has 0 spiro atoms. The zero-order valence-corrected chi connectivity index (χ0v) is 9.01. The van der Waals surface area contributed by atoms with Crippen LogP contribution in [0.5, 0.6) is 0 Å². The Balaban J connectivity index is 2.22. The number of nitrogens with zero attached hydrogens (tertiary/aromatic N) is 2. The Morgan fingerprint density at radius 2 is 1.88 bits per heavy atom. The molecule has 1 N–H and O–H groups in total. The topological polar surface area (TPSA) is 52.5 Å². The molecule has 2 aliphatic heterocycles. The zero-order valence-electron chi connectivity index (χ0n) is 9.01. The smallest absolute Gasteiger partial charge is 0.0998 e. The average molecular weight is 219 g/mol. The molecule has 0 unspecified atom stereocenters. The molecular formula is C14H9N3. The summed E-state index contributed by atoms with van der Waals surface area (Å²) in [7, 11) is 0. The first-order chi connectivity index (χ1) is 8.38. The fraction of sp³-hybridized carbons (Fsp3) is 0. The van der Waals surface area contributed by atoms with E-state index >= 15 is 0 Å². The third kappa shape index (κ3) is 1.56. The summed E-state index contributed by atoms with van der Waals surface area (Å²) in [6, 6.07) is 13.7. The summed E-state index contributed by atoms with van der Waals surface area (Å²) in [5.41, 5.74) is 4.57.